The van der Waals surface area contributed by atoms with Crippen molar-refractivity contribution in [2.24, 2.45) is 5.41 Å². The monoisotopic (exact) mass is 181 g/mol. The van der Waals surface area contributed by atoms with E-state index in [0.717, 1.165) is 18.7 Å². The minimum atomic E-state index is 0.415. The highest BCUT2D eigenvalue weighted by Gasteiger charge is 2.09. The van der Waals surface area contributed by atoms with Crippen LogP contribution in [0.5, 0.6) is 0 Å². The molecule has 0 spiro atoms. The third kappa shape index (κ3) is 3.97. The molecule has 0 atom stereocenters. The highest BCUT2D eigenvalue weighted by molar-refractivity contribution is 5.30. The molecule has 0 aliphatic rings. The molecule has 3 nitrogen and oxygen atoms in total. The molecule has 0 unspecified atom stereocenters. The Morgan fingerprint density at radius 3 is 2.62 bits per heavy atom. The van der Waals surface area contributed by atoms with Gasteiger partial charge in [0.1, 0.15) is 0 Å². The lowest BCUT2D eigenvalue weighted by Crippen LogP contribution is -2.07. The van der Waals surface area contributed by atoms with Gasteiger partial charge in [0.2, 0.25) is 0 Å². The standard InChI is InChI=1S/C10H19N3/c1-10(2,3)5-4-6-13-8-9(11)7-12-13/h7-8H,4-6,11H2,1-3H3. The van der Waals surface area contributed by atoms with Crippen LogP contribution in [-0.4, -0.2) is 9.78 Å². The van der Waals surface area contributed by atoms with Gasteiger partial charge in [-0.05, 0) is 18.3 Å². The number of rotatable bonds is 3. The summed E-state index contributed by atoms with van der Waals surface area (Å²) in [7, 11) is 0. The smallest absolute Gasteiger partial charge is 0.0719 e. The van der Waals surface area contributed by atoms with Crippen molar-refractivity contribution in [1.29, 1.82) is 0 Å². The summed E-state index contributed by atoms with van der Waals surface area (Å²) in [6.07, 6.45) is 5.94. The first kappa shape index (κ1) is 10.1. The average molecular weight is 181 g/mol. The Bertz CT molecular complexity index is 257. The molecular formula is C10H19N3. The molecule has 1 aromatic heterocycles. The van der Waals surface area contributed by atoms with Gasteiger partial charge in [-0.3, -0.25) is 4.68 Å². The Balaban J connectivity index is 2.28. The van der Waals surface area contributed by atoms with Crippen LogP contribution in [0.3, 0.4) is 0 Å². The Labute approximate surface area is 79.9 Å². The van der Waals surface area contributed by atoms with E-state index >= 15 is 0 Å². The number of hydrogen-bond donors (Lipinski definition) is 1. The zero-order chi connectivity index (χ0) is 9.90. The molecule has 0 aromatic carbocycles. The minimum Gasteiger partial charge on any atom is -0.396 e. The van der Waals surface area contributed by atoms with Crippen molar-refractivity contribution in [1.82, 2.24) is 9.78 Å². The van der Waals surface area contributed by atoms with Crippen LogP contribution in [0.1, 0.15) is 33.6 Å². The van der Waals surface area contributed by atoms with E-state index in [1.165, 1.54) is 6.42 Å². The Kier molecular flexibility index (Phi) is 2.96. The van der Waals surface area contributed by atoms with Crippen LogP contribution in [0.4, 0.5) is 5.69 Å². The van der Waals surface area contributed by atoms with Crippen LogP contribution in [0.15, 0.2) is 12.4 Å². The zero-order valence-corrected chi connectivity index (χ0v) is 8.75. The fraction of sp³-hybridized carbons (Fsp3) is 0.700. The molecule has 3 heteroatoms. The van der Waals surface area contributed by atoms with E-state index < -0.39 is 0 Å². The number of nitrogens with zero attached hydrogens (tertiary/aromatic N) is 2. The maximum absolute atomic E-state index is 5.55. The minimum absolute atomic E-state index is 0.415. The molecule has 0 amide bonds. The van der Waals surface area contributed by atoms with E-state index in [2.05, 4.69) is 25.9 Å². The van der Waals surface area contributed by atoms with Gasteiger partial charge in [0.05, 0.1) is 11.9 Å². The van der Waals surface area contributed by atoms with E-state index in [4.69, 9.17) is 5.73 Å². The first-order chi connectivity index (χ1) is 5.97. The first-order valence-electron chi connectivity index (χ1n) is 4.75. The molecule has 0 radical (unpaired) electrons. The van der Waals surface area contributed by atoms with Gasteiger partial charge in [-0.2, -0.15) is 5.10 Å². The van der Waals surface area contributed by atoms with Gasteiger partial charge in [0.15, 0.2) is 0 Å². The number of hydrogen-bond acceptors (Lipinski definition) is 2. The fourth-order valence-corrected chi connectivity index (χ4v) is 1.27. The van der Waals surface area contributed by atoms with Gasteiger partial charge in [-0.15, -0.1) is 0 Å². The van der Waals surface area contributed by atoms with Gasteiger partial charge in [-0.1, -0.05) is 20.8 Å². The van der Waals surface area contributed by atoms with E-state index in [1.807, 2.05) is 10.9 Å². The lowest BCUT2D eigenvalue weighted by Gasteiger charge is -2.17. The van der Waals surface area contributed by atoms with Crippen LogP contribution in [0.25, 0.3) is 0 Å². The van der Waals surface area contributed by atoms with Gasteiger partial charge >= 0.3 is 0 Å². The predicted octanol–water partition coefficient (Wildman–Crippen LogP) is 2.29. The third-order valence-electron chi connectivity index (χ3n) is 1.97. The summed E-state index contributed by atoms with van der Waals surface area (Å²) < 4.78 is 1.90. The fourth-order valence-electron chi connectivity index (χ4n) is 1.27. The number of nitrogens with two attached hydrogens (primary N) is 1. The van der Waals surface area contributed by atoms with Crippen LogP contribution in [0, 0.1) is 5.41 Å². The molecule has 13 heavy (non-hydrogen) atoms. The van der Waals surface area contributed by atoms with Crippen molar-refractivity contribution >= 4 is 5.69 Å². The van der Waals surface area contributed by atoms with Crippen molar-refractivity contribution in [2.45, 2.75) is 40.2 Å². The van der Waals surface area contributed by atoms with Gasteiger partial charge < -0.3 is 5.73 Å². The Morgan fingerprint density at radius 1 is 1.46 bits per heavy atom. The summed E-state index contributed by atoms with van der Waals surface area (Å²) >= 11 is 0. The normalized spacial score (nSPS) is 11.9. The number of aryl methyl sites for hydroxylation is 1. The third-order valence-corrected chi connectivity index (χ3v) is 1.97. The second-order valence-electron chi connectivity index (χ2n) is 4.70. The summed E-state index contributed by atoms with van der Waals surface area (Å²) in [5, 5.41) is 4.13. The average Bonchev–Trinajstić information content (AvgIpc) is 2.33. The molecule has 2 N–H and O–H groups in total. The zero-order valence-electron chi connectivity index (χ0n) is 8.75. The second kappa shape index (κ2) is 3.81. The van der Waals surface area contributed by atoms with Crippen LogP contribution in [0.2, 0.25) is 0 Å². The summed E-state index contributed by atoms with van der Waals surface area (Å²) in [4.78, 5) is 0. The van der Waals surface area contributed by atoms with Crippen molar-refractivity contribution in [3.63, 3.8) is 0 Å². The predicted molar refractivity (Wildman–Crippen MR) is 55.3 cm³/mol. The quantitative estimate of drug-likeness (QED) is 0.777. The summed E-state index contributed by atoms with van der Waals surface area (Å²) in [5.74, 6) is 0. The maximum Gasteiger partial charge on any atom is 0.0719 e. The van der Waals surface area contributed by atoms with Gasteiger partial charge in [-0.25, -0.2) is 0 Å². The molecule has 1 rings (SSSR count). The molecule has 1 aromatic rings. The van der Waals surface area contributed by atoms with Gasteiger partial charge in [0, 0.05) is 12.7 Å². The molecule has 74 valence electrons. The molecule has 0 aliphatic heterocycles. The number of anilines is 1. The SMILES string of the molecule is CC(C)(C)CCCn1cc(N)cn1. The number of nitrogen functional groups attached to an aromatic ring is 1. The van der Waals surface area contributed by atoms with Crippen molar-refractivity contribution in [3.8, 4) is 0 Å². The molecule has 0 saturated carbocycles. The molecule has 0 bridgehead atoms. The van der Waals surface area contributed by atoms with E-state index in [0.29, 0.717) is 5.41 Å². The number of aromatic nitrogens is 2. The molecule has 0 saturated heterocycles. The molecule has 1 heterocycles. The summed E-state index contributed by atoms with van der Waals surface area (Å²) in [5.41, 5.74) is 6.71. The topological polar surface area (TPSA) is 43.8 Å². The van der Waals surface area contributed by atoms with E-state index in [1.54, 1.807) is 6.20 Å². The summed E-state index contributed by atoms with van der Waals surface area (Å²) in [6, 6.07) is 0. The van der Waals surface area contributed by atoms with Crippen LogP contribution in [-0.2, 0) is 6.54 Å². The largest absolute Gasteiger partial charge is 0.396 e. The Hall–Kier alpha value is -0.990. The van der Waals surface area contributed by atoms with Crippen molar-refractivity contribution in [2.75, 3.05) is 5.73 Å². The highest BCUT2D eigenvalue weighted by atomic mass is 15.3. The maximum atomic E-state index is 5.55. The molecule has 0 fully saturated rings. The van der Waals surface area contributed by atoms with Crippen molar-refractivity contribution < 1.29 is 0 Å². The lowest BCUT2D eigenvalue weighted by atomic mass is 9.91. The van der Waals surface area contributed by atoms with E-state index in [-0.39, 0.29) is 0 Å². The Morgan fingerprint density at radius 2 is 2.15 bits per heavy atom. The second-order valence-corrected chi connectivity index (χ2v) is 4.70. The molecule has 0 aliphatic carbocycles. The highest BCUT2D eigenvalue weighted by Crippen LogP contribution is 2.20. The van der Waals surface area contributed by atoms with Crippen molar-refractivity contribution in [3.05, 3.63) is 12.4 Å². The van der Waals surface area contributed by atoms with Crippen LogP contribution < -0.4 is 5.73 Å². The molecular weight excluding hydrogens is 162 g/mol. The van der Waals surface area contributed by atoms with Crippen LogP contribution >= 0.6 is 0 Å². The first-order valence-corrected chi connectivity index (χ1v) is 4.75. The lowest BCUT2D eigenvalue weighted by molar-refractivity contribution is 0.349. The van der Waals surface area contributed by atoms with E-state index in [9.17, 15) is 0 Å². The summed E-state index contributed by atoms with van der Waals surface area (Å²) in [6.45, 7) is 7.73. The van der Waals surface area contributed by atoms with Gasteiger partial charge in [0.25, 0.3) is 0 Å².